The molecule has 14 heavy (non-hydrogen) atoms. The van der Waals surface area contributed by atoms with Crippen LogP contribution < -0.4 is 0 Å². The van der Waals surface area contributed by atoms with E-state index in [1.54, 1.807) is 0 Å². The lowest BCUT2D eigenvalue weighted by molar-refractivity contribution is -0.137. The lowest BCUT2D eigenvalue weighted by Crippen LogP contribution is -2.27. The number of rotatable bonds is 4. The number of carboxylic acids is 1. The molecule has 0 aromatic carbocycles. The van der Waals surface area contributed by atoms with Crippen LogP contribution in [0.5, 0.6) is 0 Å². The van der Waals surface area contributed by atoms with Gasteiger partial charge in [0.05, 0.1) is 0 Å². The van der Waals surface area contributed by atoms with Gasteiger partial charge in [0.2, 0.25) is 0 Å². The van der Waals surface area contributed by atoms with Crippen molar-refractivity contribution in [3.63, 3.8) is 0 Å². The fourth-order valence-corrected chi connectivity index (χ4v) is 2.75. The van der Waals surface area contributed by atoms with Crippen molar-refractivity contribution in [1.82, 2.24) is 0 Å². The summed E-state index contributed by atoms with van der Waals surface area (Å²) in [5.41, 5.74) is 0. The van der Waals surface area contributed by atoms with Gasteiger partial charge in [0, 0.05) is 11.2 Å². The van der Waals surface area contributed by atoms with E-state index in [2.05, 4.69) is 13.2 Å². The number of thioether (sulfide) groups is 1. The number of carboxylic acid groups (broad SMARTS) is 1. The van der Waals surface area contributed by atoms with E-state index >= 15 is 0 Å². The molecule has 0 amide bonds. The van der Waals surface area contributed by atoms with Crippen LogP contribution in [-0.4, -0.2) is 22.1 Å². The molecule has 0 aromatic rings. The maximum atomic E-state index is 10.4. The Morgan fingerprint density at radius 2 is 2.07 bits per heavy atom. The molecule has 0 spiro atoms. The van der Waals surface area contributed by atoms with E-state index in [0.29, 0.717) is 17.1 Å². The van der Waals surface area contributed by atoms with E-state index in [1.807, 2.05) is 11.8 Å². The third kappa shape index (κ3) is 3.52. The second kappa shape index (κ2) is 5.06. The predicted molar refractivity (Wildman–Crippen MR) is 60.7 cm³/mol. The average molecular weight is 216 g/mol. The fourth-order valence-electron chi connectivity index (χ4n) is 2.11. The summed E-state index contributed by atoms with van der Waals surface area (Å²) in [6.45, 7) is 2.32. The predicted octanol–water partition coefficient (Wildman–Crippen LogP) is 3.16. The van der Waals surface area contributed by atoms with Gasteiger partial charge in [-0.25, -0.2) is 0 Å². The first kappa shape index (κ1) is 11.9. The molecule has 82 valence electrons. The van der Waals surface area contributed by atoms with E-state index < -0.39 is 5.97 Å². The Morgan fingerprint density at radius 1 is 1.50 bits per heavy atom. The van der Waals surface area contributed by atoms with Crippen LogP contribution in [0.15, 0.2) is 0 Å². The van der Waals surface area contributed by atoms with Gasteiger partial charge in [-0.15, -0.1) is 0 Å². The Bertz CT molecular complexity index is 195. The summed E-state index contributed by atoms with van der Waals surface area (Å²) < 4.78 is 0.458. The molecule has 1 rings (SSSR count). The quantitative estimate of drug-likeness (QED) is 0.784. The highest BCUT2D eigenvalue weighted by atomic mass is 32.2. The van der Waals surface area contributed by atoms with Crippen LogP contribution in [0, 0.1) is 5.92 Å². The van der Waals surface area contributed by atoms with Crippen LogP contribution in [-0.2, 0) is 4.79 Å². The third-order valence-corrected chi connectivity index (χ3v) is 4.82. The van der Waals surface area contributed by atoms with Crippen molar-refractivity contribution in [1.29, 1.82) is 0 Å². The lowest BCUT2D eigenvalue weighted by atomic mass is 9.80. The zero-order valence-electron chi connectivity index (χ0n) is 9.08. The van der Waals surface area contributed by atoms with Gasteiger partial charge in [-0.05, 0) is 44.3 Å². The molecule has 1 aliphatic carbocycles. The number of carbonyl (C=O) groups is 1. The Balaban J connectivity index is 2.25. The molecule has 1 fully saturated rings. The molecule has 0 unspecified atom stereocenters. The molecule has 1 N–H and O–H groups in total. The first-order chi connectivity index (χ1) is 6.56. The van der Waals surface area contributed by atoms with Crippen LogP contribution in [0.2, 0.25) is 0 Å². The van der Waals surface area contributed by atoms with Gasteiger partial charge >= 0.3 is 5.97 Å². The molecular formula is C11H20O2S. The van der Waals surface area contributed by atoms with Crippen molar-refractivity contribution in [3.8, 4) is 0 Å². The Labute approximate surface area is 90.5 Å². The van der Waals surface area contributed by atoms with Gasteiger partial charge in [0.25, 0.3) is 0 Å². The highest BCUT2D eigenvalue weighted by molar-refractivity contribution is 7.99. The third-order valence-electron chi connectivity index (χ3n) is 3.42. The molecular weight excluding hydrogens is 196 g/mol. The lowest BCUT2D eigenvalue weighted by Gasteiger charge is -2.35. The first-order valence-electron chi connectivity index (χ1n) is 5.33. The Hall–Kier alpha value is -0.180. The van der Waals surface area contributed by atoms with Crippen molar-refractivity contribution in [2.75, 3.05) is 6.26 Å². The summed E-state index contributed by atoms with van der Waals surface area (Å²) in [5.74, 6) is 0.00882. The van der Waals surface area contributed by atoms with Gasteiger partial charge in [0.15, 0.2) is 0 Å². The largest absolute Gasteiger partial charge is 0.481 e. The number of hydrogen-bond donors (Lipinski definition) is 1. The van der Waals surface area contributed by atoms with Crippen LogP contribution in [0.25, 0.3) is 0 Å². The van der Waals surface area contributed by atoms with Crippen molar-refractivity contribution in [3.05, 3.63) is 0 Å². The second-order valence-corrected chi connectivity index (χ2v) is 5.92. The summed E-state index contributed by atoms with van der Waals surface area (Å²) in [5, 5.41) is 8.59. The molecule has 0 saturated heterocycles. The van der Waals surface area contributed by atoms with Crippen LogP contribution in [0.3, 0.4) is 0 Å². The van der Waals surface area contributed by atoms with Crippen LogP contribution in [0.4, 0.5) is 0 Å². The molecule has 0 bridgehead atoms. The first-order valence-corrected chi connectivity index (χ1v) is 6.55. The monoisotopic (exact) mass is 216 g/mol. The van der Waals surface area contributed by atoms with Crippen molar-refractivity contribution >= 4 is 17.7 Å². The van der Waals surface area contributed by atoms with Crippen molar-refractivity contribution in [2.24, 2.45) is 5.92 Å². The zero-order chi connectivity index (χ0) is 10.6. The van der Waals surface area contributed by atoms with Gasteiger partial charge in [-0.3, -0.25) is 4.79 Å². The van der Waals surface area contributed by atoms with E-state index in [1.165, 1.54) is 25.7 Å². The van der Waals surface area contributed by atoms with Crippen molar-refractivity contribution < 1.29 is 9.90 Å². The normalized spacial score (nSPS) is 32.9. The summed E-state index contributed by atoms with van der Waals surface area (Å²) in [6.07, 6.45) is 8.32. The summed E-state index contributed by atoms with van der Waals surface area (Å²) in [7, 11) is 0. The minimum Gasteiger partial charge on any atom is -0.481 e. The Kier molecular flexibility index (Phi) is 4.30. The molecule has 0 heterocycles. The standard InChI is InChI=1S/C11H20O2S/c1-11(14-2)7-5-9(6-8-11)3-4-10(12)13/h9H,3-8H2,1-2H3,(H,12,13). The molecule has 1 aliphatic rings. The highest BCUT2D eigenvalue weighted by Crippen LogP contribution is 2.41. The van der Waals surface area contributed by atoms with E-state index in [0.717, 1.165) is 6.42 Å². The summed E-state index contributed by atoms with van der Waals surface area (Å²) in [4.78, 5) is 10.4. The molecule has 0 atom stereocenters. The van der Waals surface area contributed by atoms with E-state index in [-0.39, 0.29) is 0 Å². The Morgan fingerprint density at radius 3 is 2.50 bits per heavy atom. The molecule has 0 radical (unpaired) electrons. The SMILES string of the molecule is CSC1(C)CCC(CCC(=O)O)CC1. The molecule has 3 heteroatoms. The van der Waals surface area contributed by atoms with Gasteiger partial charge < -0.3 is 5.11 Å². The molecule has 0 aliphatic heterocycles. The molecule has 1 saturated carbocycles. The fraction of sp³-hybridized carbons (Fsp3) is 0.909. The molecule has 0 aromatic heterocycles. The maximum absolute atomic E-state index is 10.4. The summed E-state index contributed by atoms with van der Waals surface area (Å²) >= 11 is 1.96. The van der Waals surface area contributed by atoms with Gasteiger partial charge in [-0.1, -0.05) is 6.92 Å². The molecule has 2 nitrogen and oxygen atoms in total. The highest BCUT2D eigenvalue weighted by Gasteiger charge is 2.29. The van der Waals surface area contributed by atoms with Gasteiger partial charge in [-0.2, -0.15) is 11.8 Å². The summed E-state index contributed by atoms with van der Waals surface area (Å²) in [6, 6.07) is 0. The second-order valence-electron chi connectivity index (χ2n) is 4.53. The average Bonchev–Trinajstić information content (AvgIpc) is 2.17. The topological polar surface area (TPSA) is 37.3 Å². The minimum atomic E-state index is -0.650. The van der Waals surface area contributed by atoms with Crippen LogP contribution in [0.1, 0.15) is 45.4 Å². The maximum Gasteiger partial charge on any atom is 0.303 e. The van der Waals surface area contributed by atoms with Crippen LogP contribution >= 0.6 is 11.8 Å². The zero-order valence-corrected chi connectivity index (χ0v) is 9.90. The van der Waals surface area contributed by atoms with Crippen molar-refractivity contribution in [2.45, 2.75) is 50.2 Å². The number of hydrogen-bond acceptors (Lipinski definition) is 2. The number of aliphatic carboxylic acids is 1. The van der Waals surface area contributed by atoms with E-state index in [9.17, 15) is 4.79 Å². The smallest absolute Gasteiger partial charge is 0.303 e. The minimum absolute atomic E-state index is 0.348. The van der Waals surface area contributed by atoms with Gasteiger partial charge in [0.1, 0.15) is 0 Å². The van der Waals surface area contributed by atoms with E-state index in [4.69, 9.17) is 5.11 Å².